The number of rotatable bonds is 2. The van der Waals surface area contributed by atoms with Crippen LogP contribution in [0.4, 0.5) is 0 Å². The van der Waals surface area contributed by atoms with E-state index in [1.165, 1.54) is 14.2 Å². The zero-order chi connectivity index (χ0) is 13.4. The molecule has 0 aromatic rings. The highest BCUT2D eigenvalue weighted by Crippen LogP contribution is 2.32. The van der Waals surface area contributed by atoms with Gasteiger partial charge in [-0.25, -0.2) is 0 Å². The van der Waals surface area contributed by atoms with E-state index in [9.17, 15) is 9.59 Å². The Morgan fingerprint density at radius 2 is 1.72 bits per heavy atom. The van der Waals surface area contributed by atoms with Crippen LogP contribution in [0.1, 0.15) is 25.7 Å². The number of hydrogen-bond acceptors (Lipinski definition) is 4. The van der Waals surface area contributed by atoms with Crippen molar-refractivity contribution in [3.8, 4) is 0 Å². The van der Waals surface area contributed by atoms with Crippen LogP contribution in [-0.4, -0.2) is 26.2 Å². The molecule has 0 aromatic heterocycles. The molecular weight excluding hydrogens is 232 g/mol. The molecule has 4 heteroatoms. The number of allylic oxidation sites excluding steroid dienone is 2. The highest BCUT2D eigenvalue weighted by Gasteiger charge is 2.47. The third-order valence-electron chi connectivity index (χ3n) is 2.96. The summed E-state index contributed by atoms with van der Waals surface area (Å²) in [5.41, 5.74) is -1.37. The Bertz CT molecular complexity index is 304. The molecule has 3 radical (unpaired) electrons. The molecule has 0 amide bonds. The summed E-state index contributed by atoms with van der Waals surface area (Å²) in [6, 6.07) is 0. The van der Waals surface area contributed by atoms with Crippen molar-refractivity contribution in [2.45, 2.75) is 25.7 Å². The van der Waals surface area contributed by atoms with Crippen LogP contribution in [0.25, 0.3) is 0 Å². The highest BCUT2D eigenvalue weighted by atomic mass is 16.5. The van der Waals surface area contributed by atoms with Gasteiger partial charge in [0, 0.05) is 0 Å². The van der Waals surface area contributed by atoms with Crippen LogP contribution >= 0.6 is 0 Å². The first-order valence-electron chi connectivity index (χ1n) is 6.00. The molecule has 1 rings (SSSR count). The number of methoxy groups -OCH3 is 2. The molecule has 0 saturated carbocycles. The predicted molar refractivity (Wildman–Crippen MR) is 67.0 cm³/mol. The second kappa shape index (κ2) is 7.19. The predicted octanol–water partition coefficient (Wildman–Crippen LogP) is 2.06. The van der Waals surface area contributed by atoms with Gasteiger partial charge in [-0.1, -0.05) is 12.2 Å². The highest BCUT2D eigenvalue weighted by molar-refractivity contribution is 6.02. The Morgan fingerprint density at radius 3 is 2.33 bits per heavy atom. The topological polar surface area (TPSA) is 52.6 Å². The maximum atomic E-state index is 11.9. The molecule has 0 fully saturated rings. The normalized spacial score (nSPS) is 21.7. The number of carbonyl (C=O) groups is 2. The molecule has 0 aliphatic heterocycles. The lowest BCUT2D eigenvalue weighted by atomic mass is 9.78. The summed E-state index contributed by atoms with van der Waals surface area (Å²) in [6.45, 7) is 0. The fraction of sp³-hybridized carbons (Fsp3) is 0.500. The average molecular weight is 251 g/mol. The lowest BCUT2D eigenvalue weighted by molar-refractivity contribution is -0.165. The van der Waals surface area contributed by atoms with E-state index in [0.717, 1.165) is 19.3 Å². The minimum atomic E-state index is -1.37. The van der Waals surface area contributed by atoms with E-state index >= 15 is 0 Å². The summed E-state index contributed by atoms with van der Waals surface area (Å²) < 4.78 is 9.49. The smallest absolute Gasteiger partial charge is 0.323 e. The SMILES string of the molecule is COC(=O)C1(C(=O)OC)[CH][CH][CH]CCC/C=C\C1. The molecule has 0 saturated heterocycles. The number of ether oxygens (including phenoxy) is 2. The van der Waals surface area contributed by atoms with Gasteiger partial charge in [-0.3, -0.25) is 9.59 Å². The van der Waals surface area contributed by atoms with Gasteiger partial charge in [-0.15, -0.1) is 0 Å². The molecule has 0 spiro atoms. The van der Waals surface area contributed by atoms with Crippen molar-refractivity contribution in [1.82, 2.24) is 0 Å². The van der Waals surface area contributed by atoms with Gasteiger partial charge < -0.3 is 9.47 Å². The zero-order valence-corrected chi connectivity index (χ0v) is 10.8. The van der Waals surface area contributed by atoms with Gasteiger partial charge in [0.25, 0.3) is 0 Å². The van der Waals surface area contributed by atoms with Crippen LogP contribution in [0.5, 0.6) is 0 Å². The van der Waals surface area contributed by atoms with Crippen LogP contribution in [0, 0.1) is 24.7 Å². The fourth-order valence-electron chi connectivity index (χ4n) is 1.89. The minimum absolute atomic E-state index is 0.261. The molecule has 1 aliphatic rings. The summed E-state index contributed by atoms with van der Waals surface area (Å²) >= 11 is 0. The van der Waals surface area contributed by atoms with Crippen molar-refractivity contribution in [2.75, 3.05) is 14.2 Å². The van der Waals surface area contributed by atoms with Crippen molar-refractivity contribution in [2.24, 2.45) is 5.41 Å². The van der Waals surface area contributed by atoms with Crippen molar-refractivity contribution >= 4 is 11.9 Å². The van der Waals surface area contributed by atoms with Gasteiger partial charge in [-0.05, 0) is 44.9 Å². The third kappa shape index (κ3) is 3.34. The van der Waals surface area contributed by atoms with Gasteiger partial charge in [0.05, 0.1) is 14.2 Å². The quantitative estimate of drug-likeness (QED) is 0.428. The monoisotopic (exact) mass is 251 g/mol. The Kier molecular flexibility index (Phi) is 5.89. The van der Waals surface area contributed by atoms with E-state index in [-0.39, 0.29) is 6.42 Å². The van der Waals surface area contributed by atoms with E-state index < -0.39 is 17.4 Å². The van der Waals surface area contributed by atoms with Crippen molar-refractivity contribution in [3.05, 3.63) is 31.4 Å². The third-order valence-corrected chi connectivity index (χ3v) is 2.96. The molecule has 18 heavy (non-hydrogen) atoms. The maximum absolute atomic E-state index is 11.9. The number of esters is 2. The van der Waals surface area contributed by atoms with E-state index in [1.54, 1.807) is 12.8 Å². The molecule has 0 N–H and O–H groups in total. The molecule has 4 nitrogen and oxygen atoms in total. The molecule has 1 aliphatic carbocycles. The summed E-state index contributed by atoms with van der Waals surface area (Å²) in [7, 11) is 2.54. The van der Waals surface area contributed by atoms with Crippen LogP contribution in [0.2, 0.25) is 0 Å². The minimum Gasteiger partial charge on any atom is -0.468 e. The van der Waals surface area contributed by atoms with Gasteiger partial charge in [0.2, 0.25) is 0 Å². The second-order valence-electron chi connectivity index (χ2n) is 4.16. The fourth-order valence-corrected chi connectivity index (χ4v) is 1.89. The van der Waals surface area contributed by atoms with Gasteiger partial charge in [-0.2, -0.15) is 0 Å². The Labute approximate surface area is 108 Å². The van der Waals surface area contributed by atoms with Crippen LogP contribution in [-0.2, 0) is 19.1 Å². The molecule has 0 atom stereocenters. The molecule has 0 unspecified atom stereocenters. The summed E-state index contributed by atoms with van der Waals surface area (Å²) in [5, 5.41) is 0. The maximum Gasteiger partial charge on any atom is 0.323 e. The summed E-state index contributed by atoms with van der Waals surface area (Å²) in [5.74, 6) is -1.19. The van der Waals surface area contributed by atoms with Crippen molar-refractivity contribution in [1.29, 1.82) is 0 Å². The Morgan fingerprint density at radius 1 is 1.06 bits per heavy atom. The first-order chi connectivity index (χ1) is 8.67. The van der Waals surface area contributed by atoms with Crippen LogP contribution in [0.15, 0.2) is 12.2 Å². The molecule has 99 valence electrons. The average Bonchev–Trinajstić information content (AvgIpc) is 2.42. The first kappa shape index (κ1) is 14.7. The summed E-state index contributed by atoms with van der Waals surface area (Å²) in [6.07, 6.45) is 12.2. The molecule has 0 heterocycles. The lowest BCUT2D eigenvalue weighted by Gasteiger charge is -2.27. The molecule has 0 bridgehead atoms. The Balaban J connectivity index is 2.97. The first-order valence-corrected chi connectivity index (χ1v) is 6.00. The molecule has 0 aromatic carbocycles. The van der Waals surface area contributed by atoms with Crippen molar-refractivity contribution in [3.63, 3.8) is 0 Å². The molecular formula is C14H19O4. The largest absolute Gasteiger partial charge is 0.468 e. The van der Waals surface area contributed by atoms with Gasteiger partial charge in [0.15, 0.2) is 5.41 Å². The van der Waals surface area contributed by atoms with Gasteiger partial charge >= 0.3 is 11.9 Å². The van der Waals surface area contributed by atoms with E-state index in [0.29, 0.717) is 0 Å². The number of hydrogen-bond donors (Lipinski definition) is 0. The zero-order valence-electron chi connectivity index (χ0n) is 10.8. The van der Waals surface area contributed by atoms with Gasteiger partial charge in [0.1, 0.15) is 0 Å². The van der Waals surface area contributed by atoms with Crippen LogP contribution < -0.4 is 0 Å². The van der Waals surface area contributed by atoms with E-state index in [2.05, 4.69) is 0 Å². The standard InChI is InChI=1S/C14H19O4/c1-17-12(15)14(13(16)18-2)10-8-6-4-3-5-7-9-11-14/h6-10H,3-5,11H2,1-2H3/b9-7-. The second-order valence-corrected chi connectivity index (χ2v) is 4.16. The Hall–Kier alpha value is -1.32. The van der Waals surface area contributed by atoms with Crippen molar-refractivity contribution < 1.29 is 19.1 Å². The number of carbonyl (C=O) groups excluding carboxylic acids is 2. The van der Waals surface area contributed by atoms with Crippen LogP contribution in [0.3, 0.4) is 0 Å². The summed E-state index contributed by atoms with van der Waals surface area (Å²) in [4.78, 5) is 23.9. The lowest BCUT2D eigenvalue weighted by Crippen LogP contribution is -2.41. The van der Waals surface area contributed by atoms with E-state index in [4.69, 9.17) is 9.47 Å². The van der Waals surface area contributed by atoms with E-state index in [1.807, 2.05) is 18.6 Å².